The maximum Gasteiger partial charge on any atom is 0.322 e. The molecule has 3 aromatic rings. The molecular formula is C25H24ClFN4O4. The Balaban J connectivity index is 1.51. The van der Waals surface area contributed by atoms with Crippen molar-refractivity contribution >= 4 is 34.9 Å². The maximum absolute atomic E-state index is 14.9. The molecule has 0 aliphatic carbocycles. The van der Waals surface area contributed by atoms with E-state index in [9.17, 15) is 18.8 Å². The molecule has 0 bridgehead atoms. The summed E-state index contributed by atoms with van der Waals surface area (Å²) < 4.78 is 21.6. The van der Waals surface area contributed by atoms with Gasteiger partial charge in [0.1, 0.15) is 11.9 Å². The molecule has 0 saturated carbocycles. The van der Waals surface area contributed by atoms with E-state index in [0.29, 0.717) is 16.4 Å². The summed E-state index contributed by atoms with van der Waals surface area (Å²) in [6.07, 6.45) is 1.52. The Labute approximate surface area is 206 Å². The number of likely N-dealkylation sites (tertiary alicyclic amines) is 1. The van der Waals surface area contributed by atoms with Gasteiger partial charge in [0.05, 0.1) is 17.5 Å². The fourth-order valence-electron chi connectivity index (χ4n) is 3.94. The van der Waals surface area contributed by atoms with Crippen molar-refractivity contribution in [1.29, 1.82) is 0 Å². The van der Waals surface area contributed by atoms with Crippen LogP contribution in [0.3, 0.4) is 0 Å². The highest BCUT2D eigenvalue weighted by Crippen LogP contribution is 2.25. The predicted molar refractivity (Wildman–Crippen MR) is 132 cm³/mol. The van der Waals surface area contributed by atoms with E-state index in [2.05, 4.69) is 10.6 Å². The summed E-state index contributed by atoms with van der Waals surface area (Å²) in [6, 6.07) is 12.4. The minimum atomic E-state index is -0.870. The fourth-order valence-corrected chi connectivity index (χ4v) is 4.06. The molecule has 2 atom stereocenters. The molecule has 0 unspecified atom stereocenters. The molecular weight excluding hydrogens is 475 g/mol. The molecule has 4 rings (SSSR count). The first-order valence-corrected chi connectivity index (χ1v) is 11.3. The lowest BCUT2D eigenvalue weighted by atomic mass is 10.1. The minimum absolute atomic E-state index is 0.0571. The topological polar surface area (TPSA) is 92.7 Å². The summed E-state index contributed by atoms with van der Waals surface area (Å²) in [4.78, 5) is 39.5. The van der Waals surface area contributed by atoms with E-state index >= 15 is 0 Å². The third-order valence-electron chi connectivity index (χ3n) is 5.80. The van der Waals surface area contributed by atoms with Crippen molar-refractivity contribution in [3.63, 3.8) is 0 Å². The summed E-state index contributed by atoms with van der Waals surface area (Å²) in [5.41, 5.74) is 1.34. The number of methoxy groups -OCH3 is 1. The van der Waals surface area contributed by atoms with Gasteiger partial charge in [-0.25, -0.2) is 9.18 Å². The van der Waals surface area contributed by atoms with E-state index in [1.807, 2.05) is 6.92 Å². The van der Waals surface area contributed by atoms with Crippen molar-refractivity contribution < 1.29 is 18.7 Å². The van der Waals surface area contributed by atoms with E-state index in [-0.39, 0.29) is 30.3 Å². The molecule has 2 aromatic carbocycles. The number of carbonyl (C=O) groups excluding carboxylic acids is 2. The first-order chi connectivity index (χ1) is 16.7. The standard InChI is InChI=1S/C25H24ClFN4O4/c1-15-3-10-23(32)30(13-15)18-8-9-21(20(27)11-18)29-24(33)22-12-19(35-2)14-31(22)25(34)28-17-6-4-16(26)5-7-17/h3-11,13,19,22H,12,14H2,1-2H3,(H,28,34)(H,29,33)/t19-,22-/m1/s1. The van der Waals surface area contributed by atoms with Crippen LogP contribution in [0.5, 0.6) is 0 Å². The highest BCUT2D eigenvalue weighted by molar-refractivity contribution is 6.30. The largest absolute Gasteiger partial charge is 0.380 e. The van der Waals surface area contributed by atoms with E-state index in [1.165, 1.54) is 40.8 Å². The molecule has 0 spiro atoms. The molecule has 1 aliphatic rings. The van der Waals surface area contributed by atoms with Crippen LogP contribution in [0.15, 0.2) is 65.6 Å². The zero-order valence-electron chi connectivity index (χ0n) is 19.1. The summed E-state index contributed by atoms with van der Waals surface area (Å²) in [6.45, 7) is 2.02. The van der Waals surface area contributed by atoms with Gasteiger partial charge in [0.2, 0.25) is 5.91 Å². The number of rotatable bonds is 5. The number of halogens is 2. The third kappa shape index (κ3) is 5.52. The maximum atomic E-state index is 14.9. The summed E-state index contributed by atoms with van der Waals surface area (Å²) in [7, 11) is 1.51. The normalized spacial score (nSPS) is 17.3. The highest BCUT2D eigenvalue weighted by Gasteiger charge is 2.40. The lowest BCUT2D eigenvalue weighted by Gasteiger charge is -2.24. The van der Waals surface area contributed by atoms with Crippen LogP contribution in [-0.2, 0) is 9.53 Å². The van der Waals surface area contributed by atoms with Crippen LogP contribution in [0.4, 0.5) is 20.6 Å². The number of carbonyl (C=O) groups is 2. The second kappa shape index (κ2) is 10.3. The van der Waals surface area contributed by atoms with Gasteiger partial charge in [-0.15, -0.1) is 0 Å². The number of nitrogens with one attached hydrogen (secondary N) is 2. The van der Waals surface area contributed by atoms with Gasteiger partial charge >= 0.3 is 6.03 Å². The number of aryl methyl sites for hydroxylation is 1. The van der Waals surface area contributed by atoms with E-state index in [4.69, 9.17) is 16.3 Å². The Kier molecular flexibility index (Phi) is 7.18. The van der Waals surface area contributed by atoms with Crippen LogP contribution in [-0.4, -0.2) is 47.2 Å². The average Bonchev–Trinajstić information content (AvgIpc) is 3.28. The first-order valence-electron chi connectivity index (χ1n) is 10.9. The fraction of sp³-hybridized carbons (Fsp3) is 0.240. The van der Waals surface area contributed by atoms with Gasteiger partial charge in [-0.1, -0.05) is 17.7 Å². The molecule has 35 heavy (non-hydrogen) atoms. The minimum Gasteiger partial charge on any atom is -0.380 e. The zero-order chi connectivity index (χ0) is 25.1. The molecule has 8 nitrogen and oxygen atoms in total. The number of urea groups is 1. The lowest BCUT2D eigenvalue weighted by Crippen LogP contribution is -2.45. The van der Waals surface area contributed by atoms with Crippen LogP contribution < -0.4 is 16.2 Å². The van der Waals surface area contributed by atoms with Crippen LogP contribution in [0.25, 0.3) is 5.69 Å². The quantitative estimate of drug-likeness (QED) is 0.551. The summed E-state index contributed by atoms with van der Waals surface area (Å²) >= 11 is 5.89. The third-order valence-corrected chi connectivity index (χ3v) is 6.05. The van der Waals surface area contributed by atoms with Crippen molar-refractivity contribution in [3.8, 4) is 5.69 Å². The molecule has 1 saturated heterocycles. The van der Waals surface area contributed by atoms with Gasteiger partial charge in [0.15, 0.2) is 0 Å². The van der Waals surface area contributed by atoms with Gasteiger partial charge in [0.25, 0.3) is 5.56 Å². The Morgan fingerprint density at radius 3 is 2.51 bits per heavy atom. The van der Waals surface area contributed by atoms with Crippen molar-refractivity contribution in [2.45, 2.75) is 25.5 Å². The van der Waals surface area contributed by atoms with Crippen LogP contribution in [0.1, 0.15) is 12.0 Å². The second-order valence-electron chi connectivity index (χ2n) is 8.27. The molecule has 182 valence electrons. The Hall–Kier alpha value is -3.69. The average molecular weight is 499 g/mol. The Morgan fingerprint density at radius 1 is 1.09 bits per heavy atom. The molecule has 0 radical (unpaired) electrons. The number of anilines is 2. The van der Waals surface area contributed by atoms with Crippen molar-refractivity contribution in [2.75, 3.05) is 24.3 Å². The molecule has 1 aromatic heterocycles. The predicted octanol–water partition coefficient (Wildman–Crippen LogP) is 4.20. The summed E-state index contributed by atoms with van der Waals surface area (Å²) in [5, 5.41) is 5.83. The van der Waals surface area contributed by atoms with Crippen LogP contribution in [0.2, 0.25) is 5.02 Å². The second-order valence-corrected chi connectivity index (χ2v) is 8.70. The Bertz CT molecular complexity index is 1310. The van der Waals surface area contributed by atoms with Gasteiger partial charge in [-0.05, 0) is 48.9 Å². The molecule has 1 fully saturated rings. The smallest absolute Gasteiger partial charge is 0.322 e. The van der Waals surface area contributed by atoms with Crippen molar-refractivity contribution in [2.24, 2.45) is 0 Å². The van der Waals surface area contributed by atoms with Gasteiger partial charge in [-0.3, -0.25) is 14.2 Å². The van der Waals surface area contributed by atoms with Crippen LogP contribution >= 0.6 is 11.6 Å². The number of hydrogen-bond donors (Lipinski definition) is 2. The molecule has 10 heteroatoms. The van der Waals surface area contributed by atoms with E-state index in [0.717, 1.165) is 5.56 Å². The number of amides is 3. The zero-order valence-corrected chi connectivity index (χ0v) is 19.9. The molecule has 2 N–H and O–H groups in total. The molecule has 1 aliphatic heterocycles. The number of ether oxygens (including phenoxy) is 1. The molecule has 3 amide bonds. The van der Waals surface area contributed by atoms with Gasteiger partial charge in [-0.2, -0.15) is 0 Å². The number of hydrogen-bond acceptors (Lipinski definition) is 4. The van der Waals surface area contributed by atoms with Gasteiger partial charge < -0.3 is 20.3 Å². The monoisotopic (exact) mass is 498 g/mol. The number of benzene rings is 2. The summed E-state index contributed by atoms with van der Waals surface area (Å²) in [5.74, 6) is -1.25. The van der Waals surface area contributed by atoms with Crippen LogP contribution in [0, 0.1) is 12.7 Å². The first kappa shape index (κ1) is 24.4. The SMILES string of the molecule is CO[C@@H]1C[C@H](C(=O)Nc2ccc(-n3cc(C)ccc3=O)cc2F)N(C(=O)Nc2ccc(Cl)cc2)C1. The van der Waals surface area contributed by atoms with E-state index in [1.54, 1.807) is 36.5 Å². The van der Waals surface area contributed by atoms with E-state index < -0.39 is 23.8 Å². The molecule has 2 heterocycles. The number of nitrogens with zero attached hydrogens (tertiary/aromatic N) is 2. The number of aromatic nitrogens is 1. The van der Waals surface area contributed by atoms with Crippen molar-refractivity contribution in [3.05, 3.63) is 87.6 Å². The van der Waals surface area contributed by atoms with Crippen molar-refractivity contribution in [1.82, 2.24) is 9.47 Å². The van der Waals surface area contributed by atoms with Gasteiger partial charge in [0, 0.05) is 49.1 Å². The number of pyridine rings is 1. The Morgan fingerprint density at radius 2 is 1.83 bits per heavy atom. The highest BCUT2D eigenvalue weighted by atomic mass is 35.5. The lowest BCUT2D eigenvalue weighted by molar-refractivity contribution is -0.119.